The standard InChI is InChI=1S/C10H15NO2S.C10H15NO2/c1-4-13-10(12)9-7(6(2)3)5-8(11)14-9;1-4-13-10(12)7-9(5-6-11)8(2)3/h5-6H,4,11H2,1-3H3;5,8H,4,7H2,1-3H3/b;9-5-. The molecule has 1 aromatic heterocycles. The monoisotopic (exact) mass is 394 g/mol. The van der Waals surface area contributed by atoms with Crippen LogP contribution in [-0.4, -0.2) is 25.2 Å². The second-order valence-electron chi connectivity index (χ2n) is 6.29. The van der Waals surface area contributed by atoms with Crippen LogP contribution in [0, 0.1) is 17.2 Å². The Bertz CT molecular complexity index is 685. The van der Waals surface area contributed by atoms with Gasteiger partial charge in [-0.25, -0.2) is 4.79 Å². The van der Waals surface area contributed by atoms with Crippen molar-refractivity contribution in [2.24, 2.45) is 5.92 Å². The van der Waals surface area contributed by atoms with E-state index in [1.54, 1.807) is 13.8 Å². The molecule has 0 amide bonds. The highest BCUT2D eigenvalue weighted by atomic mass is 32.1. The van der Waals surface area contributed by atoms with Gasteiger partial charge in [0.1, 0.15) is 4.88 Å². The zero-order chi connectivity index (χ0) is 21.0. The normalized spacial score (nSPS) is 10.9. The van der Waals surface area contributed by atoms with Crippen LogP contribution in [-0.2, 0) is 14.3 Å². The Labute approximate surface area is 166 Å². The predicted octanol–water partition coefficient (Wildman–Crippen LogP) is 4.68. The molecule has 1 rings (SSSR count). The van der Waals surface area contributed by atoms with E-state index in [1.165, 1.54) is 17.4 Å². The Morgan fingerprint density at radius 1 is 1.22 bits per heavy atom. The second-order valence-corrected chi connectivity index (χ2v) is 7.38. The van der Waals surface area contributed by atoms with Crippen LogP contribution in [0.2, 0.25) is 0 Å². The molecule has 0 aromatic carbocycles. The van der Waals surface area contributed by atoms with Crippen LogP contribution in [0.15, 0.2) is 17.7 Å². The van der Waals surface area contributed by atoms with Gasteiger partial charge < -0.3 is 15.2 Å². The zero-order valence-corrected chi connectivity index (χ0v) is 17.8. The summed E-state index contributed by atoms with van der Waals surface area (Å²) in [4.78, 5) is 23.2. The lowest BCUT2D eigenvalue weighted by Gasteiger charge is -2.08. The molecule has 0 saturated heterocycles. The molecular formula is C20H30N2O4S. The van der Waals surface area contributed by atoms with Gasteiger partial charge in [0.25, 0.3) is 0 Å². The quantitative estimate of drug-likeness (QED) is 0.532. The number of hydrogen-bond donors (Lipinski definition) is 1. The van der Waals surface area contributed by atoms with E-state index in [0.717, 1.165) is 11.1 Å². The van der Waals surface area contributed by atoms with Crippen LogP contribution < -0.4 is 5.73 Å². The highest BCUT2D eigenvalue weighted by molar-refractivity contribution is 7.17. The van der Waals surface area contributed by atoms with Gasteiger partial charge >= 0.3 is 11.9 Å². The number of nitrogen functional groups attached to an aromatic ring is 1. The summed E-state index contributed by atoms with van der Waals surface area (Å²) in [5.41, 5.74) is 7.46. The number of nitrogens with two attached hydrogens (primary N) is 1. The van der Waals surface area contributed by atoms with E-state index in [-0.39, 0.29) is 24.3 Å². The molecule has 27 heavy (non-hydrogen) atoms. The SMILES string of the molecule is CCOC(=O)C/C(=C/C#N)C(C)C.CCOC(=O)c1sc(N)cc1C(C)C. The van der Waals surface area contributed by atoms with Gasteiger partial charge in [0.2, 0.25) is 0 Å². The molecule has 0 saturated carbocycles. The van der Waals surface area contributed by atoms with Crippen molar-refractivity contribution in [2.45, 2.75) is 53.9 Å². The number of rotatable bonds is 7. The van der Waals surface area contributed by atoms with E-state index in [4.69, 9.17) is 20.5 Å². The number of nitriles is 1. The van der Waals surface area contributed by atoms with Crippen molar-refractivity contribution in [3.8, 4) is 6.07 Å². The lowest BCUT2D eigenvalue weighted by atomic mass is 10.00. The van der Waals surface area contributed by atoms with Crippen molar-refractivity contribution < 1.29 is 19.1 Å². The molecule has 0 spiro atoms. The van der Waals surface area contributed by atoms with Gasteiger partial charge in [-0.05, 0) is 42.9 Å². The molecule has 0 fully saturated rings. The number of allylic oxidation sites excluding steroid dienone is 1. The third kappa shape index (κ3) is 9.25. The van der Waals surface area contributed by atoms with Crippen molar-refractivity contribution in [1.29, 1.82) is 5.26 Å². The topological polar surface area (TPSA) is 102 Å². The highest BCUT2D eigenvalue weighted by Gasteiger charge is 2.18. The van der Waals surface area contributed by atoms with Gasteiger partial charge in [-0.2, -0.15) is 5.26 Å². The molecule has 0 bridgehead atoms. The molecule has 150 valence electrons. The molecule has 1 heterocycles. The molecule has 0 radical (unpaired) electrons. The summed E-state index contributed by atoms with van der Waals surface area (Å²) in [6.45, 7) is 12.3. The van der Waals surface area contributed by atoms with E-state index < -0.39 is 0 Å². The first-order valence-corrected chi connectivity index (χ1v) is 9.79. The second kappa shape index (κ2) is 12.9. The molecule has 0 aliphatic heterocycles. The van der Waals surface area contributed by atoms with Crippen molar-refractivity contribution in [3.63, 3.8) is 0 Å². The number of esters is 2. The van der Waals surface area contributed by atoms with Gasteiger partial charge in [-0.3, -0.25) is 4.79 Å². The summed E-state index contributed by atoms with van der Waals surface area (Å²) in [5.74, 6) is -0.0254. The average Bonchev–Trinajstić information content (AvgIpc) is 2.98. The molecule has 2 N–H and O–H groups in total. The first-order chi connectivity index (χ1) is 12.7. The summed E-state index contributed by atoms with van der Waals surface area (Å²) in [5, 5.41) is 9.11. The van der Waals surface area contributed by atoms with Gasteiger partial charge in [0, 0.05) is 6.08 Å². The van der Waals surface area contributed by atoms with E-state index in [0.29, 0.717) is 29.0 Å². The lowest BCUT2D eigenvalue weighted by molar-refractivity contribution is -0.142. The largest absolute Gasteiger partial charge is 0.466 e. The number of carbonyl (C=O) groups is 2. The van der Waals surface area contributed by atoms with Crippen molar-refractivity contribution in [2.75, 3.05) is 18.9 Å². The van der Waals surface area contributed by atoms with Crippen LogP contribution in [0.1, 0.15) is 69.1 Å². The van der Waals surface area contributed by atoms with Gasteiger partial charge in [0.05, 0.1) is 30.7 Å². The summed E-state index contributed by atoms with van der Waals surface area (Å²) in [6.07, 6.45) is 1.64. The maximum atomic E-state index is 11.5. The van der Waals surface area contributed by atoms with Crippen LogP contribution in [0.25, 0.3) is 0 Å². The lowest BCUT2D eigenvalue weighted by Crippen LogP contribution is -2.07. The van der Waals surface area contributed by atoms with Crippen molar-refractivity contribution in [3.05, 3.63) is 28.2 Å². The van der Waals surface area contributed by atoms with Crippen LogP contribution in [0.5, 0.6) is 0 Å². The van der Waals surface area contributed by atoms with Crippen LogP contribution in [0.3, 0.4) is 0 Å². The van der Waals surface area contributed by atoms with E-state index in [1.807, 2.05) is 39.8 Å². The molecule has 7 heteroatoms. The van der Waals surface area contributed by atoms with E-state index in [2.05, 4.69) is 0 Å². The maximum absolute atomic E-state index is 11.5. The summed E-state index contributed by atoms with van der Waals surface area (Å²) in [6, 6.07) is 3.78. The highest BCUT2D eigenvalue weighted by Crippen LogP contribution is 2.30. The van der Waals surface area contributed by atoms with Crippen LogP contribution >= 0.6 is 11.3 Å². The number of ether oxygens (including phenoxy) is 2. The Kier molecular flexibility index (Phi) is 11.8. The van der Waals surface area contributed by atoms with Crippen LogP contribution in [0.4, 0.5) is 5.00 Å². The third-order valence-corrected chi connectivity index (χ3v) is 4.47. The molecule has 0 aliphatic carbocycles. The fourth-order valence-corrected chi connectivity index (χ4v) is 3.07. The minimum Gasteiger partial charge on any atom is -0.466 e. The van der Waals surface area contributed by atoms with Crippen molar-refractivity contribution in [1.82, 2.24) is 0 Å². The van der Waals surface area contributed by atoms with Gasteiger partial charge in [0.15, 0.2) is 0 Å². The maximum Gasteiger partial charge on any atom is 0.348 e. The van der Waals surface area contributed by atoms with Gasteiger partial charge in [-0.1, -0.05) is 27.7 Å². The molecule has 0 atom stereocenters. The fraction of sp³-hybridized carbons (Fsp3) is 0.550. The first kappa shape index (κ1) is 24.7. The predicted molar refractivity (Wildman–Crippen MR) is 109 cm³/mol. The van der Waals surface area contributed by atoms with E-state index >= 15 is 0 Å². The molecular weight excluding hydrogens is 364 g/mol. The number of hydrogen-bond acceptors (Lipinski definition) is 7. The molecule has 0 aliphatic rings. The summed E-state index contributed by atoms with van der Waals surface area (Å²) < 4.78 is 9.73. The molecule has 0 unspecified atom stereocenters. The number of nitrogens with zero attached hydrogens (tertiary/aromatic N) is 1. The average molecular weight is 395 g/mol. The zero-order valence-electron chi connectivity index (χ0n) is 17.0. The smallest absolute Gasteiger partial charge is 0.348 e. The minimum atomic E-state index is -0.266. The Morgan fingerprint density at radius 3 is 2.26 bits per heavy atom. The minimum absolute atomic E-state index is 0.212. The van der Waals surface area contributed by atoms with E-state index in [9.17, 15) is 9.59 Å². The van der Waals surface area contributed by atoms with Crippen molar-refractivity contribution >= 4 is 28.3 Å². The Morgan fingerprint density at radius 2 is 1.81 bits per heavy atom. The number of carbonyl (C=O) groups excluding carboxylic acids is 2. The Hall–Kier alpha value is -2.33. The molecule has 6 nitrogen and oxygen atoms in total. The first-order valence-electron chi connectivity index (χ1n) is 8.98. The Balaban J connectivity index is 0.000000503. The third-order valence-electron chi connectivity index (χ3n) is 3.51. The number of thiophene rings is 1. The molecule has 1 aromatic rings. The summed E-state index contributed by atoms with van der Waals surface area (Å²) >= 11 is 1.29. The fourth-order valence-electron chi connectivity index (χ4n) is 2.09. The number of anilines is 1. The summed E-state index contributed by atoms with van der Waals surface area (Å²) in [7, 11) is 0. The van der Waals surface area contributed by atoms with Gasteiger partial charge in [-0.15, -0.1) is 11.3 Å².